The summed E-state index contributed by atoms with van der Waals surface area (Å²) in [4.78, 5) is 47.4. The SMILES string of the molecule is Cc1ncsc1-c1ccc([C@H](C)NC(=O)[C@@H]2C[C@@H](O)CN2C(=O)C(NC(=O)COCCOCCOc2ccc(NS(=O)(=O)c3cccs3)c3ccccc23)C(C)(C)C)cc1. The van der Waals surface area contributed by atoms with Crippen LogP contribution < -0.4 is 20.1 Å². The van der Waals surface area contributed by atoms with E-state index < -0.39 is 45.4 Å². The molecule has 5 aromatic rings. The number of sulfonamides is 1. The van der Waals surface area contributed by atoms with Gasteiger partial charge in [0, 0.05) is 23.7 Å². The zero-order valence-corrected chi connectivity index (χ0v) is 36.6. The summed E-state index contributed by atoms with van der Waals surface area (Å²) in [5, 5.41) is 19.5. The Morgan fingerprint density at radius 2 is 1.63 bits per heavy atom. The molecule has 60 heavy (non-hydrogen) atoms. The van der Waals surface area contributed by atoms with Crippen molar-refractivity contribution in [3.8, 4) is 16.2 Å². The molecule has 3 aromatic carbocycles. The summed E-state index contributed by atoms with van der Waals surface area (Å²) >= 11 is 2.71. The van der Waals surface area contributed by atoms with E-state index in [2.05, 4.69) is 20.3 Å². The Bertz CT molecular complexity index is 2360. The Kier molecular flexibility index (Phi) is 14.6. The number of aromatic nitrogens is 1. The van der Waals surface area contributed by atoms with Gasteiger partial charge in [0.05, 0.1) is 53.7 Å². The molecule has 2 aromatic heterocycles. The number of ether oxygens (including phenoxy) is 3. The van der Waals surface area contributed by atoms with Crippen molar-refractivity contribution in [1.82, 2.24) is 20.5 Å². The number of thiazole rings is 1. The molecule has 320 valence electrons. The van der Waals surface area contributed by atoms with Gasteiger partial charge in [-0.05, 0) is 54.0 Å². The van der Waals surface area contributed by atoms with Crippen molar-refractivity contribution < 1.29 is 42.1 Å². The van der Waals surface area contributed by atoms with Gasteiger partial charge in [0.25, 0.3) is 10.0 Å². The minimum atomic E-state index is -3.72. The van der Waals surface area contributed by atoms with Crippen LogP contribution in [-0.4, -0.2) is 98.9 Å². The van der Waals surface area contributed by atoms with Crippen molar-refractivity contribution in [2.24, 2.45) is 5.41 Å². The summed E-state index contributed by atoms with van der Waals surface area (Å²) in [5.74, 6) is -0.789. The van der Waals surface area contributed by atoms with E-state index in [0.29, 0.717) is 16.8 Å². The fourth-order valence-corrected chi connectivity index (χ4v) is 9.80. The van der Waals surface area contributed by atoms with E-state index in [1.165, 1.54) is 4.90 Å². The minimum absolute atomic E-state index is 0.0345. The van der Waals surface area contributed by atoms with E-state index in [1.54, 1.807) is 41.0 Å². The van der Waals surface area contributed by atoms with E-state index >= 15 is 0 Å². The number of nitrogens with one attached hydrogen (secondary N) is 3. The fourth-order valence-electron chi connectivity index (χ4n) is 6.91. The maximum atomic E-state index is 14.0. The number of carbonyl (C=O) groups excluding carboxylic acids is 3. The molecule has 0 spiro atoms. The van der Waals surface area contributed by atoms with Gasteiger partial charge in [-0.1, -0.05) is 75.4 Å². The number of hydrogen-bond acceptors (Lipinski definition) is 12. The van der Waals surface area contributed by atoms with Crippen LogP contribution >= 0.6 is 22.7 Å². The quantitative estimate of drug-likeness (QED) is 0.0771. The number of β-amino-alcohol motifs (C(OH)–C–C–N with tert-alkyl or cyclic N) is 1. The topological polar surface area (TPSA) is 185 Å². The third-order valence-corrected chi connectivity index (χ3v) is 13.8. The molecule has 3 amide bonds. The van der Waals surface area contributed by atoms with E-state index in [1.807, 2.05) is 88.7 Å². The van der Waals surface area contributed by atoms with Crippen LogP contribution in [0.1, 0.15) is 51.4 Å². The first kappa shape index (κ1) is 44.6. The third kappa shape index (κ3) is 11.1. The number of hydrogen-bond donors (Lipinski definition) is 4. The highest BCUT2D eigenvalue weighted by molar-refractivity contribution is 7.94. The van der Waals surface area contributed by atoms with Gasteiger partial charge in [-0.25, -0.2) is 13.4 Å². The molecule has 14 nitrogen and oxygen atoms in total. The van der Waals surface area contributed by atoms with Crippen LogP contribution in [0.2, 0.25) is 0 Å². The second-order valence-electron chi connectivity index (χ2n) is 15.6. The zero-order valence-electron chi connectivity index (χ0n) is 34.2. The summed E-state index contributed by atoms with van der Waals surface area (Å²) in [7, 11) is -3.72. The number of carbonyl (C=O) groups is 3. The van der Waals surface area contributed by atoms with Crippen LogP contribution in [0.5, 0.6) is 5.75 Å². The Morgan fingerprint density at radius 3 is 2.32 bits per heavy atom. The maximum Gasteiger partial charge on any atom is 0.271 e. The van der Waals surface area contributed by atoms with E-state index in [4.69, 9.17) is 14.2 Å². The fraction of sp³-hybridized carbons (Fsp3) is 0.395. The minimum Gasteiger partial charge on any atom is -0.491 e. The summed E-state index contributed by atoms with van der Waals surface area (Å²) in [6, 6.07) is 19.6. The predicted octanol–water partition coefficient (Wildman–Crippen LogP) is 5.92. The molecule has 1 aliphatic rings. The lowest BCUT2D eigenvalue weighted by Crippen LogP contribution is -2.58. The number of likely N-dealkylation sites (tertiary alicyclic amines) is 1. The zero-order chi connectivity index (χ0) is 43.0. The van der Waals surface area contributed by atoms with Gasteiger partial charge in [-0.15, -0.1) is 22.7 Å². The third-order valence-electron chi connectivity index (χ3n) is 10.0. The van der Waals surface area contributed by atoms with Crippen molar-refractivity contribution in [1.29, 1.82) is 0 Å². The molecule has 1 saturated heterocycles. The normalized spacial score (nSPS) is 16.7. The van der Waals surface area contributed by atoms with E-state index in [-0.39, 0.29) is 62.2 Å². The van der Waals surface area contributed by atoms with E-state index in [0.717, 1.165) is 38.4 Å². The number of benzene rings is 3. The number of thiophene rings is 1. The van der Waals surface area contributed by atoms with Crippen LogP contribution in [0.25, 0.3) is 21.2 Å². The van der Waals surface area contributed by atoms with E-state index in [9.17, 15) is 27.9 Å². The van der Waals surface area contributed by atoms with Gasteiger partial charge in [0.2, 0.25) is 17.7 Å². The first-order valence-electron chi connectivity index (χ1n) is 19.6. The van der Waals surface area contributed by atoms with Gasteiger partial charge in [0.15, 0.2) is 0 Å². The lowest BCUT2D eigenvalue weighted by molar-refractivity contribution is -0.144. The number of aliphatic hydroxyl groups is 1. The van der Waals surface area contributed by atoms with Crippen molar-refractivity contribution in [3.63, 3.8) is 0 Å². The smallest absolute Gasteiger partial charge is 0.271 e. The van der Waals surface area contributed by atoms with Crippen LogP contribution in [0.15, 0.2) is 87.9 Å². The first-order chi connectivity index (χ1) is 28.6. The number of anilines is 1. The number of nitrogens with zero attached hydrogens (tertiary/aromatic N) is 2. The Hall–Kier alpha value is -4.91. The number of aliphatic hydroxyl groups excluding tert-OH is 1. The molecule has 1 fully saturated rings. The molecule has 6 rings (SSSR count). The molecule has 17 heteroatoms. The molecular formula is C43H51N5O9S3. The lowest BCUT2D eigenvalue weighted by Gasteiger charge is -2.35. The molecule has 1 aliphatic heterocycles. The summed E-state index contributed by atoms with van der Waals surface area (Å²) in [6.45, 7) is 9.66. The van der Waals surface area contributed by atoms with Crippen LogP contribution in [0, 0.1) is 12.3 Å². The number of rotatable bonds is 18. The van der Waals surface area contributed by atoms with Crippen LogP contribution in [0.4, 0.5) is 5.69 Å². The van der Waals surface area contributed by atoms with Crippen molar-refractivity contribution >= 4 is 66.9 Å². The second kappa shape index (κ2) is 19.6. The van der Waals surface area contributed by atoms with Crippen LogP contribution in [-0.2, 0) is 33.9 Å². The van der Waals surface area contributed by atoms with Crippen molar-refractivity contribution in [3.05, 3.63) is 94.9 Å². The first-order valence-corrected chi connectivity index (χ1v) is 22.8. The van der Waals surface area contributed by atoms with Gasteiger partial charge >= 0.3 is 0 Å². The number of aryl methyl sites for hydroxylation is 1. The van der Waals surface area contributed by atoms with Crippen molar-refractivity contribution in [2.75, 3.05) is 44.3 Å². The summed E-state index contributed by atoms with van der Waals surface area (Å²) < 4.78 is 45.7. The van der Waals surface area contributed by atoms with Gasteiger partial charge in [-0.2, -0.15) is 0 Å². The van der Waals surface area contributed by atoms with Crippen molar-refractivity contribution in [2.45, 2.75) is 69.5 Å². The lowest BCUT2D eigenvalue weighted by atomic mass is 9.85. The predicted molar refractivity (Wildman–Crippen MR) is 233 cm³/mol. The highest BCUT2D eigenvalue weighted by Crippen LogP contribution is 2.34. The average molecular weight is 878 g/mol. The molecule has 1 unspecified atom stereocenters. The second-order valence-corrected chi connectivity index (χ2v) is 19.3. The Labute approximate surface area is 358 Å². The molecule has 4 atom stereocenters. The molecule has 4 N–H and O–H groups in total. The summed E-state index contributed by atoms with van der Waals surface area (Å²) in [5.41, 5.74) is 4.41. The maximum absolute atomic E-state index is 14.0. The largest absolute Gasteiger partial charge is 0.491 e. The molecule has 3 heterocycles. The molecule has 0 bridgehead atoms. The molecular weight excluding hydrogens is 827 g/mol. The van der Waals surface area contributed by atoms with Gasteiger partial charge in [-0.3, -0.25) is 19.1 Å². The number of fused-ring (bicyclic) bond motifs is 1. The monoisotopic (exact) mass is 877 g/mol. The summed E-state index contributed by atoms with van der Waals surface area (Å²) in [6.07, 6.45) is -0.812. The molecule has 0 saturated carbocycles. The Morgan fingerprint density at radius 1 is 0.917 bits per heavy atom. The highest BCUT2D eigenvalue weighted by atomic mass is 32.2. The average Bonchev–Trinajstić information content (AvgIpc) is 4.00. The highest BCUT2D eigenvalue weighted by Gasteiger charge is 2.44. The number of amides is 3. The standard InChI is InChI=1S/C43H51N5O9S3/c1-27(29-12-14-30(15-13-29)39-28(2)44-26-59-39)45-41(51)35-23-31(49)24-48(35)42(52)40(43(3,4)5)46-37(50)25-56-19-18-55-20-21-57-36-17-16-34(32-9-6-7-10-33(32)36)47-60(53,54)38-11-8-22-58-38/h6-17,22,26-27,31,35,40,47,49H,18-21,23-25H2,1-5H3,(H,45,51)(H,46,50)/t27-,31+,35-,40?/m0/s1. The van der Waals surface area contributed by atoms with Gasteiger partial charge < -0.3 is 34.9 Å². The van der Waals surface area contributed by atoms with Gasteiger partial charge in [0.1, 0.15) is 35.3 Å². The molecule has 0 aliphatic carbocycles. The van der Waals surface area contributed by atoms with Crippen LogP contribution in [0.3, 0.4) is 0 Å². The molecule has 0 radical (unpaired) electrons. The Balaban J connectivity index is 0.942.